The fraction of sp³-hybridized carbons (Fsp3) is 0.429. The summed E-state index contributed by atoms with van der Waals surface area (Å²) in [6.07, 6.45) is 6.30. The molecule has 2 aliphatic rings. The van der Waals surface area contributed by atoms with Crippen molar-refractivity contribution in [2.75, 3.05) is 44.6 Å². The number of para-hydroxylation sites is 1. The number of aryl methyl sites for hydroxylation is 1. The van der Waals surface area contributed by atoms with Gasteiger partial charge < -0.3 is 15.0 Å². The molecular formula is C35H44N4O3. The maximum absolute atomic E-state index is 12.7. The van der Waals surface area contributed by atoms with Crippen molar-refractivity contribution >= 4 is 17.7 Å². The van der Waals surface area contributed by atoms with Gasteiger partial charge in [-0.2, -0.15) is 0 Å². The molecule has 3 aromatic rings. The Bertz CT molecular complexity index is 1270. The third-order valence-electron chi connectivity index (χ3n) is 8.33. The molecule has 0 spiro atoms. The summed E-state index contributed by atoms with van der Waals surface area (Å²) in [5.41, 5.74) is 5.32. The van der Waals surface area contributed by atoms with Gasteiger partial charge in [-0.3, -0.25) is 15.0 Å². The van der Waals surface area contributed by atoms with E-state index in [1.807, 2.05) is 54.6 Å². The third-order valence-corrected chi connectivity index (χ3v) is 8.33. The van der Waals surface area contributed by atoms with Crippen LogP contribution in [0.5, 0.6) is 0 Å². The average molecular weight is 569 g/mol. The first-order chi connectivity index (χ1) is 20.6. The molecule has 3 aromatic carbocycles. The van der Waals surface area contributed by atoms with Crippen LogP contribution in [0.15, 0.2) is 78.9 Å². The zero-order chi connectivity index (χ0) is 29.0. The lowest BCUT2D eigenvalue weighted by molar-refractivity contribution is -0.121. The second kappa shape index (κ2) is 15.5. The van der Waals surface area contributed by atoms with Crippen LogP contribution in [0.2, 0.25) is 0 Å². The maximum atomic E-state index is 12.7. The molecule has 0 aliphatic carbocycles. The van der Waals surface area contributed by atoms with E-state index in [0.717, 1.165) is 62.3 Å². The minimum atomic E-state index is -0.416. The number of rotatable bonds is 11. The second-order valence-electron chi connectivity index (χ2n) is 11.5. The number of nitrogens with zero attached hydrogens (tertiary/aromatic N) is 2. The first-order valence-electron chi connectivity index (χ1n) is 15.5. The molecule has 2 aliphatic heterocycles. The first-order valence-corrected chi connectivity index (χ1v) is 15.5. The van der Waals surface area contributed by atoms with Gasteiger partial charge in [0.05, 0.1) is 5.69 Å². The summed E-state index contributed by atoms with van der Waals surface area (Å²) < 4.78 is 5.75. The Kier molecular flexibility index (Phi) is 11.0. The molecule has 0 aromatic heterocycles. The van der Waals surface area contributed by atoms with Crippen LogP contribution < -0.4 is 10.6 Å². The van der Waals surface area contributed by atoms with Gasteiger partial charge in [0, 0.05) is 44.7 Å². The van der Waals surface area contributed by atoms with E-state index < -0.39 is 6.09 Å². The molecule has 0 atom stereocenters. The highest BCUT2D eigenvalue weighted by Gasteiger charge is 2.22. The number of amides is 2. The number of carbonyl (C=O) groups excluding carboxylic acids is 2. The number of hydrogen-bond acceptors (Lipinski definition) is 5. The van der Waals surface area contributed by atoms with Crippen LogP contribution in [0.3, 0.4) is 0 Å². The van der Waals surface area contributed by atoms with Crippen LogP contribution in [-0.4, -0.2) is 67.2 Å². The van der Waals surface area contributed by atoms with Crippen LogP contribution in [0.25, 0.3) is 11.1 Å². The van der Waals surface area contributed by atoms with E-state index in [0.29, 0.717) is 13.0 Å². The van der Waals surface area contributed by atoms with Crippen LogP contribution in [0.4, 0.5) is 10.5 Å². The fourth-order valence-electron chi connectivity index (χ4n) is 5.89. The van der Waals surface area contributed by atoms with Crippen molar-refractivity contribution in [2.24, 2.45) is 0 Å². The molecule has 0 unspecified atom stereocenters. The molecular weight excluding hydrogens is 524 g/mol. The van der Waals surface area contributed by atoms with E-state index in [9.17, 15) is 9.59 Å². The van der Waals surface area contributed by atoms with Gasteiger partial charge in [0.2, 0.25) is 5.91 Å². The highest BCUT2D eigenvalue weighted by atomic mass is 16.6. The summed E-state index contributed by atoms with van der Waals surface area (Å²) in [5, 5.41) is 6.01. The standard InChI is InChI=1S/C35H44N4O3/c40-34(18-17-28-13-15-29(16-14-28)27-39-22-7-2-8-23-39)36-21-26-38-24-19-31(20-25-38)42-35(41)37-33-12-6-5-11-32(33)30-9-3-1-4-10-30/h1,3-6,9-16,31H,2,7-8,17-27H2,(H,36,40)(H,37,41). The number of benzene rings is 3. The quantitative estimate of drug-likeness (QED) is 0.292. The Morgan fingerprint density at radius 1 is 0.762 bits per heavy atom. The summed E-state index contributed by atoms with van der Waals surface area (Å²) in [4.78, 5) is 29.9. The van der Waals surface area contributed by atoms with Crippen molar-refractivity contribution in [3.63, 3.8) is 0 Å². The molecule has 2 amide bonds. The van der Waals surface area contributed by atoms with Crippen molar-refractivity contribution in [3.05, 3.63) is 90.0 Å². The molecule has 2 heterocycles. The van der Waals surface area contributed by atoms with Crippen LogP contribution in [0, 0.1) is 0 Å². The van der Waals surface area contributed by atoms with E-state index in [1.165, 1.54) is 43.5 Å². The molecule has 2 fully saturated rings. The zero-order valence-corrected chi connectivity index (χ0v) is 24.6. The normalized spacial score (nSPS) is 16.6. The summed E-state index contributed by atoms with van der Waals surface area (Å²) >= 11 is 0. The fourth-order valence-corrected chi connectivity index (χ4v) is 5.89. The number of likely N-dealkylation sites (tertiary alicyclic amines) is 2. The van der Waals surface area contributed by atoms with Crippen molar-refractivity contribution in [3.8, 4) is 11.1 Å². The Hall–Kier alpha value is -3.68. The number of ether oxygens (including phenoxy) is 1. The summed E-state index contributed by atoms with van der Waals surface area (Å²) in [5.74, 6) is 0.0954. The number of hydrogen-bond donors (Lipinski definition) is 2. The maximum Gasteiger partial charge on any atom is 0.411 e. The van der Waals surface area contributed by atoms with Gasteiger partial charge in [-0.25, -0.2) is 4.79 Å². The Labute approximate surface area is 250 Å². The smallest absolute Gasteiger partial charge is 0.411 e. The van der Waals surface area contributed by atoms with Crippen LogP contribution in [0.1, 0.15) is 49.7 Å². The largest absolute Gasteiger partial charge is 0.446 e. The molecule has 5 rings (SSSR count). The molecule has 2 N–H and O–H groups in total. The van der Waals surface area contributed by atoms with E-state index >= 15 is 0 Å². The van der Waals surface area contributed by atoms with Gasteiger partial charge in [0.15, 0.2) is 0 Å². The van der Waals surface area contributed by atoms with Gasteiger partial charge in [0.25, 0.3) is 0 Å². The predicted molar refractivity (Wildman–Crippen MR) is 168 cm³/mol. The minimum Gasteiger partial charge on any atom is -0.446 e. The number of anilines is 1. The van der Waals surface area contributed by atoms with Gasteiger partial charge in [0.1, 0.15) is 6.10 Å². The Morgan fingerprint density at radius 3 is 2.21 bits per heavy atom. The molecule has 7 heteroatoms. The topological polar surface area (TPSA) is 73.9 Å². The van der Waals surface area contributed by atoms with Gasteiger partial charge in [-0.15, -0.1) is 0 Å². The molecule has 0 saturated carbocycles. The van der Waals surface area contributed by atoms with Crippen molar-refractivity contribution < 1.29 is 14.3 Å². The summed E-state index contributed by atoms with van der Waals surface area (Å²) in [6, 6.07) is 26.5. The Balaban J connectivity index is 0.952. The molecule has 7 nitrogen and oxygen atoms in total. The van der Waals surface area contributed by atoms with Gasteiger partial charge in [-0.1, -0.05) is 79.2 Å². The molecule has 222 valence electrons. The molecule has 2 saturated heterocycles. The van der Waals surface area contributed by atoms with Gasteiger partial charge in [-0.05, 0) is 68.0 Å². The number of nitrogens with one attached hydrogen (secondary N) is 2. The van der Waals surface area contributed by atoms with Crippen LogP contribution >= 0.6 is 0 Å². The lowest BCUT2D eigenvalue weighted by Gasteiger charge is -2.31. The monoisotopic (exact) mass is 568 g/mol. The van der Waals surface area contributed by atoms with Crippen molar-refractivity contribution in [2.45, 2.75) is 57.6 Å². The first kappa shape index (κ1) is 29.8. The van der Waals surface area contributed by atoms with E-state index in [-0.39, 0.29) is 12.0 Å². The molecule has 0 bridgehead atoms. The summed E-state index contributed by atoms with van der Waals surface area (Å²) in [6.45, 7) is 6.57. The zero-order valence-electron chi connectivity index (χ0n) is 24.6. The summed E-state index contributed by atoms with van der Waals surface area (Å²) in [7, 11) is 0. The number of piperidine rings is 2. The van der Waals surface area contributed by atoms with Crippen LogP contribution in [-0.2, 0) is 22.5 Å². The highest BCUT2D eigenvalue weighted by molar-refractivity contribution is 5.91. The number of carbonyl (C=O) groups is 2. The second-order valence-corrected chi connectivity index (χ2v) is 11.5. The SMILES string of the molecule is O=C(CCc1ccc(CN2CCCCC2)cc1)NCCN1CCC(OC(=O)Nc2ccccc2-c2ccccc2)CC1. The highest BCUT2D eigenvalue weighted by Crippen LogP contribution is 2.28. The Morgan fingerprint density at radius 2 is 1.45 bits per heavy atom. The van der Waals surface area contributed by atoms with E-state index in [2.05, 4.69) is 44.7 Å². The lowest BCUT2D eigenvalue weighted by Crippen LogP contribution is -2.42. The lowest BCUT2D eigenvalue weighted by atomic mass is 10.0. The van der Waals surface area contributed by atoms with E-state index in [1.54, 1.807) is 0 Å². The minimum absolute atomic E-state index is 0.0954. The predicted octanol–water partition coefficient (Wildman–Crippen LogP) is 6.10. The van der Waals surface area contributed by atoms with Crippen molar-refractivity contribution in [1.29, 1.82) is 0 Å². The van der Waals surface area contributed by atoms with Gasteiger partial charge >= 0.3 is 6.09 Å². The average Bonchev–Trinajstić information content (AvgIpc) is 3.03. The molecule has 0 radical (unpaired) electrons. The van der Waals surface area contributed by atoms with Crippen molar-refractivity contribution in [1.82, 2.24) is 15.1 Å². The third kappa shape index (κ3) is 9.16. The molecule has 42 heavy (non-hydrogen) atoms. The van der Waals surface area contributed by atoms with E-state index in [4.69, 9.17) is 4.74 Å².